The lowest BCUT2D eigenvalue weighted by Gasteiger charge is -2.46. The number of nitrogens with zero attached hydrogens (tertiary/aromatic N) is 4. The Kier molecular flexibility index (Phi) is 25.4. The van der Waals surface area contributed by atoms with Crippen molar-refractivity contribution < 1.29 is 57.2 Å². The molecule has 6 saturated heterocycles. The Morgan fingerprint density at radius 1 is 0.223 bits per heavy atom. The molecule has 94 heavy (non-hydrogen) atoms. The van der Waals surface area contributed by atoms with Crippen LogP contribution in [0.15, 0.2) is 0 Å². The second-order valence-electron chi connectivity index (χ2n) is 37.5. The van der Waals surface area contributed by atoms with E-state index in [1.54, 1.807) is 9.80 Å². The molecule has 0 radical (unpaired) electrons. The van der Waals surface area contributed by atoms with Gasteiger partial charge in [-0.3, -0.25) is 48.4 Å². The van der Waals surface area contributed by atoms with Gasteiger partial charge in [0.15, 0.2) is 0 Å². The molecular formula is C72H132N10O12. The molecule has 6 N–H and O–H groups in total. The van der Waals surface area contributed by atoms with Gasteiger partial charge < -0.3 is 60.3 Å². The molecule has 6 aliphatic rings. The van der Waals surface area contributed by atoms with Gasteiger partial charge in [-0.15, -0.1) is 0 Å². The number of ether oxygens (including phenoxy) is 6. The summed E-state index contributed by atoms with van der Waals surface area (Å²) in [6.07, 6.45) is 5.18. The summed E-state index contributed by atoms with van der Waals surface area (Å²) in [6, 6.07) is 0. The predicted octanol–water partition coefficient (Wildman–Crippen LogP) is 7.31. The highest BCUT2D eigenvalue weighted by Gasteiger charge is 2.46. The Hall–Kier alpha value is -3.58. The van der Waals surface area contributed by atoms with Crippen LogP contribution in [0.4, 0.5) is 0 Å². The van der Waals surface area contributed by atoms with Crippen LogP contribution >= 0.6 is 0 Å². The minimum atomic E-state index is -0.466. The monoisotopic (exact) mass is 1330 g/mol. The zero-order chi connectivity index (χ0) is 70.7. The standard InChI is InChI=1S/C72H132N10O12/c1-61(2)31-49(32-62(3,4)73-61)89-55(83)43-79(27-29-81(45-57(85)91-51-35-65(9,10)75-66(11,12)36-51)46-58(86)92-52-37-67(13,14)76-68(15,16)38-52)25-26-80(44-56(84)90-50-33-63(5,6)74-64(7,8)34-50)28-30-82(47-59(87)93-53-39-69(17,18)77-70(19,20)40-53)48-60(88)94-54-41-71(21,22)78-72(23,24)42-54/h49-54,73-78H,25-48H2,1-24H3. The third kappa shape index (κ3) is 28.0. The van der Waals surface area contributed by atoms with Gasteiger partial charge in [0.1, 0.15) is 36.6 Å². The van der Waals surface area contributed by atoms with Gasteiger partial charge in [0.2, 0.25) is 0 Å². The van der Waals surface area contributed by atoms with Gasteiger partial charge in [0.05, 0.1) is 39.3 Å². The normalized spacial score (nSPS) is 25.5. The van der Waals surface area contributed by atoms with Crippen LogP contribution in [0.1, 0.15) is 243 Å². The highest BCUT2D eigenvalue weighted by atomic mass is 16.6. The summed E-state index contributed by atoms with van der Waals surface area (Å²) < 4.78 is 37.8. The van der Waals surface area contributed by atoms with Gasteiger partial charge in [0.25, 0.3) is 0 Å². The summed E-state index contributed by atoms with van der Waals surface area (Å²) in [7, 11) is 0. The number of piperidine rings is 6. The van der Waals surface area contributed by atoms with Crippen LogP contribution in [0, 0.1) is 0 Å². The molecule has 0 saturated carbocycles. The first-order valence-corrected chi connectivity index (χ1v) is 35.4. The van der Waals surface area contributed by atoms with Crippen molar-refractivity contribution in [1.82, 2.24) is 51.5 Å². The third-order valence-corrected chi connectivity index (χ3v) is 19.0. The van der Waals surface area contributed by atoms with Crippen LogP contribution < -0.4 is 31.9 Å². The minimum absolute atomic E-state index is 0.137. The first-order valence-electron chi connectivity index (χ1n) is 35.4. The van der Waals surface area contributed by atoms with Crippen molar-refractivity contribution in [2.75, 3.05) is 78.5 Å². The fourth-order valence-electron chi connectivity index (χ4n) is 18.1. The quantitative estimate of drug-likeness (QED) is 0.0349. The van der Waals surface area contributed by atoms with Crippen LogP contribution in [0.3, 0.4) is 0 Å². The molecule has 0 aromatic carbocycles. The van der Waals surface area contributed by atoms with E-state index in [2.05, 4.69) is 198 Å². The zero-order valence-electron chi connectivity index (χ0n) is 63.1. The lowest BCUT2D eigenvalue weighted by atomic mass is 9.81. The Balaban J connectivity index is 1.30. The van der Waals surface area contributed by atoms with Crippen LogP contribution in [0.2, 0.25) is 0 Å². The van der Waals surface area contributed by atoms with E-state index in [0.717, 1.165) is 0 Å². The maximum atomic E-state index is 14.5. The second-order valence-corrected chi connectivity index (χ2v) is 37.5. The van der Waals surface area contributed by atoms with E-state index in [0.29, 0.717) is 77.0 Å². The van der Waals surface area contributed by atoms with E-state index in [9.17, 15) is 28.8 Å². The lowest BCUT2D eigenvalue weighted by molar-refractivity contribution is -0.160. The van der Waals surface area contributed by atoms with Gasteiger partial charge >= 0.3 is 35.8 Å². The molecule has 542 valence electrons. The highest BCUT2D eigenvalue weighted by Crippen LogP contribution is 2.36. The smallest absolute Gasteiger partial charge is 0.320 e. The van der Waals surface area contributed by atoms with Crippen LogP contribution in [-0.4, -0.2) is 237 Å². The third-order valence-electron chi connectivity index (χ3n) is 19.0. The van der Waals surface area contributed by atoms with Gasteiger partial charge in [-0.05, 0) is 166 Å². The number of nitrogens with one attached hydrogen (secondary N) is 6. The Bertz CT molecular complexity index is 2240. The summed E-state index contributed by atoms with van der Waals surface area (Å²) in [5.41, 5.74) is -3.47. The van der Waals surface area contributed by atoms with Gasteiger partial charge in [-0.2, -0.15) is 0 Å². The topological polar surface area (TPSA) is 243 Å². The van der Waals surface area contributed by atoms with Crippen molar-refractivity contribution in [1.29, 1.82) is 0 Å². The summed E-state index contributed by atoms with van der Waals surface area (Å²) in [4.78, 5) is 93.6. The molecule has 6 fully saturated rings. The largest absolute Gasteiger partial charge is 0.461 e. The molecule has 0 aliphatic carbocycles. The zero-order valence-corrected chi connectivity index (χ0v) is 63.1. The van der Waals surface area contributed by atoms with Crippen LogP contribution in [-0.2, 0) is 57.2 Å². The predicted molar refractivity (Wildman–Crippen MR) is 368 cm³/mol. The first kappa shape index (κ1) is 79.4. The molecule has 6 aliphatic heterocycles. The fraction of sp³-hybridized carbons (Fsp3) is 0.917. The van der Waals surface area contributed by atoms with Crippen molar-refractivity contribution in [3.8, 4) is 0 Å². The van der Waals surface area contributed by atoms with E-state index in [1.165, 1.54) is 0 Å². The van der Waals surface area contributed by atoms with Crippen molar-refractivity contribution >= 4 is 35.8 Å². The van der Waals surface area contributed by atoms with E-state index < -0.39 is 35.8 Å². The van der Waals surface area contributed by atoms with Gasteiger partial charge in [0, 0.05) is 183 Å². The molecule has 0 aromatic heterocycles. The van der Waals surface area contributed by atoms with Crippen molar-refractivity contribution in [2.24, 2.45) is 0 Å². The van der Waals surface area contributed by atoms with Gasteiger partial charge in [-0.25, -0.2) is 0 Å². The number of hydrogen-bond acceptors (Lipinski definition) is 22. The Morgan fingerprint density at radius 3 is 0.457 bits per heavy atom. The Labute approximate surface area is 567 Å². The summed E-state index contributed by atoms with van der Waals surface area (Å²) >= 11 is 0. The SMILES string of the molecule is CC1(C)CC(OC(=O)CN(CCN(CCN(CC(=O)OC2CC(C)(C)NC(C)(C)C2)CC(=O)OC2CC(C)(C)NC(C)(C)C2)CC(=O)OC2CC(C)(C)NC(C)(C)C2)CCN(CC(=O)OC2CC(C)(C)NC(C)(C)C2)CC(=O)OC2CC(C)(C)NC(C)(C)C2)CC(C)(C)N1. The van der Waals surface area contributed by atoms with E-state index >= 15 is 0 Å². The molecule has 6 heterocycles. The molecule has 0 bridgehead atoms. The van der Waals surface area contributed by atoms with Crippen molar-refractivity contribution in [2.45, 2.75) is 346 Å². The van der Waals surface area contributed by atoms with Gasteiger partial charge in [-0.1, -0.05) is 0 Å². The maximum Gasteiger partial charge on any atom is 0.320 e. The number of carbonyl (C=O) groups is 6. The van der Waals surface area contributed by atoms with Crippen molar-refractivity contribution in [3.63, 3.8) is 0 Å². The maximum absolute atomic E-state index is 14.5. The highest BCUT2D eigenvalue weighted by molar-refractivity contribution is 5.76. The van der Waals surface area contributed by atoms with Crippen LogP contribution in [0.25, 0.3) is 0 Å². The number of hydrogen-bond donors (Lipinski definition) is 6. The van der Waals surface area contributed by atoms with Crippen LogP contribution in [0.5, 0.6) is 0 Å². The first-order chi connectivity index (χ1) is 42.6. The molecule has 22 heteroatoms. The molecule has 0 unspecified atom stereocenters. The molecule has 22 nitrogen and oxygen atoms in total. The number of rotatable bonds is 27. The second kappa shape index (κ2) is 30.1. The van der Waals surface area contributed by atoms with E-state index in [-0.39, 0.29) is 182 Å². The molecule has 0 atom stereocenters. The summed E-state index contributed by atoms with van der Waals surface area (Å²) in [5, 5.41) is 22.0. The lowest BCUT2D eigenvalue weighted by Crippen LogP contribution is -2.60. The Morgan fingerprint density at radius 2 is 0.330 bits per heavy atom. The molecule has 0 amide bonds. The average molecular weight is 1330 g/mol. The summed E-state index contributed by atoms with van der Waals surface area (Å²) in [6.45, 7) is 50.6. The summed E-state index contributed by atoms with van der Waals surface area (Å²) in [5.74, 6) is -2.72. The molecular weight excluding hydrogens is 1200 g/mol. The molecule has 6 rings (SSSR count). The fourth-order valence-corrected chi connectivity index (χ4v) is 18.1. The number of esters is 6. The van der Waals surface area contributed by atoms with E-state index in [4.69, 9.17) is 28.4 Å². The number of carbonyl (C=O) groups excluding carboxylic acids is 6. The molecule has 0 aromatic rings. The average Bonchev–Trinajstić information content (AvgIpc) is 0.849. The van der Waals surface area contributed by atoms with E-state index in [1.807, 2.05) is 9.80 Å². The van der Waals surface area contributed by atoms with Crippen molar-refractivity contribution in [3.05, 3.63) is 0 Å². The molecule has 0 spiro atoms. The minimum Gasteiger partial charge on any atom is -0.461 e.